The van der Waals surface area contributed by atoms with Crippen LogP contribution in [-0.4, -0.2) is 39.2 Å². The van der Waals surface area contributed by atoms with Crippen LogP contribution in [0.5, 0.6) is 0 Å². The number of hydrogen-bond donors (Lipinski definition) is 2. The predicted octanol–water partition coefficient (Wildman–Crippen LogP) is 0.0270. The molecule has 3 unspecified atom stereocenters. The van der Waals surface area contributed by atoms with Gasteiger partial charge in [-0.3, -0.25) is 9.69 Å². The molecule has 0 aliphatic carbocycles. The fourth-order valence-electron chi connectivity index (χ4n) is 1.33. The average molecular weight is 214 g/mol. The second kappa shape index (κ2) is 4.06. The Bertz CT molecular complexity index is 278. The summed E-state index contributed by atoms with van der Waals surface area (Å²) in [7, 11) is 0. The molecule has 0 spiro atoms. The van der Waals surface area contributed by atoms with Crippen molar-refractivity contribution in [1.29, 1.82) is 0 Å². The monoisotopic (exact) mass is 214 g/mol. The Morgan fingerprint density at radius 1 is 1.71 bits per heavy atom. The van der Waals surface area contributed by atoms with E-state index in [0.29, 0.717) is 5.11 Å². The maximum atomic E-state index is 11.7. The Morgan fingerprint density at radius 3 is 2.64 bits per heavy atom. The number of nitrogens with one attached hydrogen (secondary N) is 1. The van der Waals surface area contributed by atoms with Gasteiger partial charge in [0.2, 0.25) is 0 Å². The summed E-state index contributed by atoms with van der Waals surface area (Å²) < 4.78 is 0. The minimum atomic E-state index is -0.748. The van der Waals surface area contributed by atoms with Crippen LogP contribution in [0.1, 0.15) is 13.8 Å². The number of carbonyl (C=O) groups excluding carboxylic acids is 1. The molecule has 1 aliphatic rings. The first-order chi connectivity index (χ1) is 6.49. The second-order valence-corrected chi connectivity index (χ2v) is 3.74. The molecule has 0 aromatic rings. The number of amides is 1. The summed E-state index contributed by atoms with van der Waals surface area (Å²) in [5.74, 6) is -0.197. The average Bonchev–Trinajstić information content (AvgIpc) is 2.41. The number of aliphatic hydroxyl groups is 1. The summed E-state index contributed by atoms with van der Waals surface area (Å²) in [6.07, 6.45) is 0.888. The zero-order valence-electron chi connectivity index (χ0n) is 8.23. The van der Waals surface area contributed by atoms with Crippen LogP contribution in [0, 0.1) is 0 Å². The molecular weight excluding hydrogens is 200 g/mol. The highest BCUT2D eigenvalue weighted by molar-refractivity contribution is 7.80. The largest absolute Gasteiger partial charge is 0.391 e. The third kappa shape index (κ3) is 1.78. The molecule has 1 saturated heterocycles. The van der Waals surface area contributed by atoms with Crippen LogP contribution in [0.3, 0.4) is 0 Å². The Kier molecular flexibility index (Phi) is 3.23. The van der Waals surface area contributed by atoms with Crippen molar-refractivity contribution in [2.75, 3.05) is 0 Å². The number of hydrogen-bond acceptors (Lipinski definition) is 3. The van der Waals surface area contributed by atoms with Crippen LogP contribution in [0.15, 0.2) is 12.7 Å². The van der Waals surface area contributed by atoms with Crippen LogP contribution < -0.4 is 5.32 Å². The Morgan fingerprint density at radius 2 is 2.29 bits per heavy atom. The first-order valence-corrected chi connectivity index (χ1v) is 4.84. The van der Waals surface area contributed by atoms with Crippen LogP contribution in [0.25, 0.3) is 0 Å². The van der Waals surface area contributed by atoms with Gasteiger partial charge in [0.25, 0.3) is 5.91 Å². The normalized spacial score (nSPS) is 25.9. The molecule has 1 heterocycles. The number of carbonyl (C=O) groups is 1. The van der Waals surface area contributed by atoms with Gasteiger partial charge in [-0.2, -0.15) is 0 Å². The van der Waals surface area contributed by atoms with Crippen molar-refractivity contribution in [2.45, 2.75) is 32.0 Å². The van der Waals surface area contributed by atoms with Gasteiger partial charge < -0.3 is 10.4 Å². The van der Waals surface area contributed by atoms with Gasteiger partial charge in [0.1, 0.15) is 6.04 Å². The van der Waals surface area contributed by atoms with Crippen molar-refractivity contribution >= 4 is 23.2 Å². The van der Waals surface area contributed by atoms with Crippen LogP contribution in [0.4, 0.5) is 0 Å². The van der Waals surface area contributed by atoms with E-state index in [0.717, 1.165) is 0 Å². The Balaban J connectivity index is 2.85. The van der Waals surface area contributed by atoms with Crippen LogP contribution in [-0.2, 0) is 4.79 Å². The molecule has 0 bridgehead atoms. The molecular formula is C9H14N2O2S. The summed E-state index contributed by atoms with van der Waals surface area (Å²) in [6.45, 7) is 6.98. The lowest BCUT2D eigenvalue weighted by Gasteiger charge is -2.20. The molecule has 3 atom stereocenters. The Hall–Kier alpha value is -0.940. The van der Waals surface area contributed by atoms with Crippen molar-refractivity contribution in [2.24, 2.45) is 0 Å². The summed E-state index contributed by atoms with van der Waals surface area (Å²) in [4.78, 5) is 13.2. The van der Waals surface area contributed by atoms with Gasteiger partial charge in [-0.1, -0.05) is 6.08 Å². The first kappa shape index (κ1) is 11.1. The molecule has 5 heteroatoms. The fraction of sp³-hybridized carbons (Fsp3) is 0.556. The molecule has 4 nitrogen and oxygen atoms in total. The van der Waals surface area contributed by atoms with E-state index in [-0.39, 0.29) is 11.9 Å². The highest BCUT2D eigenvalue weighted by Crippen LogP contribution is 2.13. The summed E-state index contributed by atoms with van der Waals surface area (Å²) in [6, 6.07) is -0.767. The highest BCUT2D eigenvalue weighted by Gasteiger charge is 2.39. The van der Waals surface area contributed by atoms with Crippen molar-refractivity contribution < 1.29 is 9.90 Å². The third-order valence-corrected chi connectivity index (χ3v) is 2.55. The van der Waals surface area contributed by atoms with E-state index in [1.807, 2.05) is 6.92 Å². The van der Waals surface area contributed by atoms with E-state index in [1.54, 1.807) is 13.0 Å². The maximum Gasteiger partial charge on any atom is 0.254 e. The predicted molar refractivity (Wildman–Crippen MR) is 57.7 cm³/mol. The van der Waals surface area contributed by atoms with Gasteiger partial charge >= 0.3 is 0 Å². The molecule has 78 valence electrons. The van der Waals surface area contributed by atoms with Crippen molar-refractivity contribution in [3.63, 3.8) is 0 Å². The highest BCUT2D eigenvalue weighted by atomic mass is 32.1. The van der Waals surface area contributed by atoms with Crippen LogP contribution >= 0.6 is 12.2 Å². The lowest BCUT2D eigenvalue weighted by atomic mass is 10.2. The van der Waals surface area contributed by atoms with E-state index >= 15 is 0 Å². The van der Waals surface area contributed by atoms with Crippen molar-refractivity contribution in [3.05, 3.63) is 12.7 Å². The van der Waals surface area contributed by atoms with Gasteiger partial charge in [0.05, 0.1) is 12.1 Å². The molecule has 1 aliphatic heterocycles. The minimum Gasteiger partial charge on any atom is -0.391 e. The van der Waals surface area contributed by atoms with Crippen molar-refractivity contribution in [1.82, 2.24) is 10.2 Å². The SMILES string of the molecule is C=CC(C)N1C(=O)C(C(C)O)NC1=S. The van der Waals surface area contributed by atoms with Gasteiger partial charge in [-0.15, -0.1) is 6.58 Å². The third-order valence-electron chi connectivity index (χ3n) is 2.23. The molecule has 2 N–H and O–H groups in total. The standard InChI is InChI=1S/C9H14N2O2S/c1-4-5(2)11-8(13)7(6(3)12)10-9(11)14/h4-7,12H,1H2,2-3H3,(H,10,14). The molecule has 0 radical (unpaired) electrons. The first-order valence-electron chi connectivity index (χ1n) is 4.43. The molecule has 0 saturated carbocycles. The molecule has 1 rings (SSSR count). The lowest BCUT2D eigenvalue weighted by molar-refractivity contribution is -0.129. The van der Waals surface area contributed by atoms with Gasteiger partial charge in [0.15, 0.2) is 5.11 Å². The minimum absolute atomic E-state index is 0.147. The van der Waals surface area contributed by atoms with Crippen LogP contribution in [0.2, 0.25) is 0 Å². The second-order valence-electron chi connectivity index (χ2n) is 3.35. The van der Waals surface area contributed by atoms with E-state index in [1.165, 1.54) is 4.90 Å². The topological polar surface area (TPSA) is 52.6 Å². The van der Waals surface area contributed by atoms with Gasteiger partial charge in [-0.25, -0.2) is 0 Å². The molecule has 1 fully saturated rings. The van der Waals surface area contributed by atoms with E-state index < -0.39 is 12.1 Å². The number of nitrogens with zero attached hydrogens (tertiary/aromatic N) is 1. The van der Waals surface area contributed by atoms with Gasteiger partial charge in [0, 0.05) is 0 Å². The zero-order valence-corrected chi connectivity index (χ0v) is 9.04. The summed E-state index contributed by atoms with van der Waals surface area (Å²) in [5.41, 5.74) is 0. The molecule has 1 amide bonds. The van der Waals surface area contributed by atoms with Gasteiger partial charge in [-0.05, 0) is 26.1 Å². The molecule has 14 heavy (non-hydrogen) atoms. The zero-order chi connectivity index (χ0) is 10.9. The van der Waals surface area contributed by atoms with Crippen molar-refractivity contribution in [3.8, 4) is 0 Å². The summed E-state index contributed by atoms with van der Waals surface area (Å²) >= 11 is 4.99. The summed E-state index contributed by atoms with van der Waals surface area (Å²) in [5, 5.41) is 12.5. The number of thiocarbonyl (C=S) groups is 1. The quantitative estimate of drug-likeness (QED) is 0.514. The lowest BCUT2D eigenvalue weighted by Crippen LogP contribution is -2.40. The molecule has 0 aromatic carbocycles. The van der Waals surface area contributed by atoms with E-state index in [2.05, 4.69) is 11.9 Å². The number of aliphatic hydroxyl groups excluding tert-OH is 1. The fourth-order valence-corrected chi connectivity index (χ4v) is 1.72. The number of rotatable bonds is 3. The smallest absolute Gasteiger partial charge is 0.254 e. The Labute approximate surface area is 88.6 Å². The van der Waals surface area contributed by atoms with E-state index in [9.17, 15) is 9.90 Å². The maximum absolute atomic E-state index is 11.7. The van der Waals surface area contributed by atoms with E-state index in [4.69, 9.17) is 12.2 Å². The molecule has 0 aromatic heterocycles.